The zero-order chi connectivity index (χ0) is 26.7. The van der Waals surface area contributed by atoms with Crippen LogP contribution in [0.5, 0.6) is 11.5 Å². The van der Waals surface area contributed by atoms with Crippen LogP contribution < -0.4 is 4.74 Å². The van der Waals surface area contributed by atoms with E-state index in [1.165, 1.54) is 19.1 Å². The molecule has 11 heteroatoms. The fourth-order valence-electron chi connectivity index (χ4n) is 4.24. The lowest BCUT2D eigenvalue weighted by Crippen LogP contribution is -2.64. The van der Waals surface area contributed by atoms with Gasteiger partial charge in [-0.2, -0.15) is 0 Å². The number of rotatable bonds is 7. The number of aliphatic hydroxyl groups excluding tert-OH is 6. The third-order valence-electron chi connectivity index (χ3n) is 6.36. The second-order valence-electron chi connectivity index (χ2n) is 9.11. The first-order valence-electron chi connectivity index (χ1n) is 11.9. The average molecular weight is 521 g/mol. The van der Waals surface area contributed by atoms with Crippen molar-refractivity contribution in [2.75, 3.05) is 6.61 Å². The average Bonchev–Trinajstić information content (AvgIpc) is 2.89. The second kappa shape index (κ2) is 11.9. The maximum absolute atomic E-state index is 10.8. The summed E-state index contributed by atoms with van der Waals surface area (Å²) in [5.41, 5.74) is 1.52. The molecule has 0 bridgehead atoms. The molecule has 2 aromatic rings. The molecule has 0 saturated carbocycles. The second-order valence-corrected chi connectivity index (χ2v) is 9.11. The van der Waals surface area contributed by atoms with Crippen molar-refractivity contribution in [3.05, 3.63) is 59.7 Å². The SMILES string of the molecule is C[C@@H]1O[C@@H](O[C@H]2[C@@H](Oc3cc(O)cc(C=Cc4ccccc4)c3)O[C@H](CO)[C@@H](O)[C@H]2O)[C@H](O)[C@@H](O)[C@H]1O. The summed E-state index contributed by atoms with van der Waals surface area (Å²) in [5.74, 6) is 0.00952. The summed E-state index contributed by atoms with van der Waals surface area (Å²) < 4.78 is 22.7. The summed E-state index contributed by atoms with van der Waals surface area (Å²) in [6.45, 7) is 0.826. The van der Waals surface area contributed by atoms with Crippen LogP contribution in [0.15, 0.2) is 48.5 Å². The highest BCUT2D eigenvalue weighted by Crippen LogP contribution is 2.32. The summed E-state index contributed by atoms with van der Waals surface area (Å²) in [4.78, 5) is 0. The summed E-state index contributed by atoms with van der Waals surface area (Å²) >= 11 is 0. The highest BCUT2D eigenvalue weighted by atomic mass is 16.8. The van der Waals surface area contributed by atoms with Crippen LogP contribution in [0.2, 0.25) is 0 Å². The molecule has 0 radical (unpaired) electrons. The maximum Gasteiger partial charge on any atom is 0.229 e. The number of phenols is 1. The van der Waals surface area contributed by atoms with E-state index in [1.54, 1.807) is 12.1 Å². The van der Waals surface area contributed by atoms with Crippen molar-refractivity contribution in [3.8, 4) is 11.5 Å². The lowest BCUT2D eigenvalue weighted by atomic mass is 9.97. The van der Waals surface area contributed by atoms with Crippen molar-refractivity contribution in [2.24, 2.45) is 0 Å². The molecule has 0 amide bonds. The molecule has 2 aliphatic heterocycles. The van der Waals surface area contributed by atoms with Gasteiger partial charge in [-0.25, -0.2) is 0 Å². The van der Waals surface area contributed by atoms with Gasteiger partial charge in [0.2, 0.25) is 6.29 Å². The number of aliphatic hydroxyl groups is 6. The first-order valence-corrected chi connectivity index (χ1v) is 11.9. The normalized spacial score (nSPS) is 36.5. The Balaban J connectivity index is 1.56. The number of benzene rings is 2. The van der Waals surface area contributed by atoms with Gasteiger partial charge in [-0.15, -0.1) is 0 Å². The molecule has 10 atom stereocenters. The minimum Gasteiger partial charge on any atom is -0.508 e. The molecule has 7 N–H and O–H groups in total. The molecule has 2 heterocycles. The number of phenolic OH excluding ortho intramolecular Hbond substituents is 1. The van der Waals surface area contributed by atoms with Crippen LogP contribution in [0.25, 0.3) is 12.2 Å². The third kappa shape index (κ3) is 6.29. The van der Waals surface area contributed by atoms with E-state index in [4.69, 9.17) is 18.9 Å². The molecular weight excluding hydrogens is 488 g/mol. The van der Waals surface area contributed by atoms with Crippen molar-refractivity contribution < 1.29 is 54.7 Å². The van der Waals surface area contributed by atoms with E-state index < -0.39 is 68.0 Å². The molecule has 2 aromatic carbocycles. The Morgan fingerprint density at radius 3 is 2.19 bits per heavy atom. The summed E-state index contributed by atoms with van der Waals surface area (Å²) in [6, 6.07) is 13.9. The monoisotopic (exact) mass is 520 g/mol. The predicted molar refractivity (Wildman–Crippen MR) is 129 cm³/mol. The topological polar surface area (TPSA) is 179 Å². The van der Waals surface area contributed by atoms with Gasteiger partial charge in [0, 0.05) is 6.07 Å². The van der Waals surface area contributed by atoms with Crippen molar-refractivity contribution in [3.63, 3.8) is 0 Å². The Kier molecular flexibility index (Phi) is 8.80. The highest BCUT2D eigenvalue weighted by Gasteiger charge is 2.50. The third-order valence-corrected chi connectivity index (χ3v) is 6.36. The Hall–Kier alpha value is -2.58. The summed E-state index contributed by atoms with van der Waals surface area (Å²) in [6.07, 6.45) is -10.8. The van der Waals surface area contributed by atoms with Gasteiger partial charge in [-0.3, -0.25) is 0 Å². The van der Waals surface area contributed by atoms with E-state index in [-0.39, 0.29) is 11.5 Å². The molecule has 11 nitrogen and oxygen atoms in total. The zero-order valence-electron chi connectivity index (χ0n) is 20.0. The molecule has 37 heavy (non-hydrogen) atoms. The predicted octanol–water partition coefficient (Wildman–Crippen LogP) is -0.407. The minimum atomic E-state index is -1.68. The number of aromatic hydroxyl groups is 1. The Morgan fingerprint density at radius 2 is 1.49 bits per heavy atom. The van der Waals surface area contributed by atoms with E-state index >= 15 is 0 Å². The minimum absolute atomic E-state index is 0.116. The quantitative estimate of drug-likeness (QED) is 0.236. The first kappa shape index (κ1) is 27.5. The van der Waals surface area contributed by atoms with Crippen LogP contribution in [-0.2, 0) is 14.2 Å². The molecule has 0 unspecified atom stereocenters. The van der Waals surface area contributed by atoms with Crippen LogP contribution in [0.3, 0.4) is 0 Å². The molecular formula is C26H32O11. The largest absolute Gasteiger partial charge is 0.508 e. The van der Waals surface area contributed by atoms with Gasteiger partial charge in [0.15, 0.2) is 12.4 Å². The van der Waals surface area contributed by atoms with E-state index in [2.05, 4.69) is 0 Å². The number of hydrogen-bond acceptors (Lipinski definition) is 11. The summed E-state index contributed by atoms with van der Waals surface area (Å²) in [5, 5.41) is 71.4. The van der Waals surface area contributed by atoms with Gasteiger partial charge in [-0.1, -0.05) is 42.5 Å². The smallest absolute Gasteiger partial charge is 0.229 e. The van der Waals surface area contributed by atoms with Crippen molar-refractivity contribution >= 4 is 12.2 Å². The van der Waals surface area contributed by atoms with Crippen molar-refractivity contribution in [1.82, 2.24) is 0 Å². The summed E-state index contributed by atoms with van der Waals surface area (Å²) in [7, 11) is 0. The van der Waals surface area contributed by atoms with Gasteiger partial charge >= 0.3 is 0 Å². The fourth-order valence-corrected chi connectivity index (χ4v) is 4.24. The molecule has 202 valence electrons. The molecule has 0 aliphatic carbocycles. The van der Waals surface area contributed by atoms with Crippen molar-refractivity contribution in [1.29, 1.82) is 0 Å². The van der Waals surface area contributed by atoms with Crippen LogP contribution in [0.4, 0.5) is 0 Å². The lowest BCUT2D eigenvalue weighted by molar-refractivity contribution is -0.354. The Morgan fingerprint density at radius 1 is 0.784 bits per heavy atom. The van der Waals surface area contributed by atoms with Gasteiger partial charge in [-0.05, 0) is 30.2 Å². The van der Waals surface area contributed by atoms with E-state index in [9.17, 15) is 35.7 Å². The Labute approximate surface area is 213 Å². The lowest BCUT2D eigenvalue weighted by Gasteiger charge is -2.45. The van der Waals surface area contributed by atoms with Crippen LogP contribution >= 0.6 is 0 Å². The van der Waals surface area contributed by atoms with Crippen molar-refractivity contribution in [2.45, 2.75) is 68.3 Å². The first-order chi connectivity index (χ1) is 17.7. The molecule has 2 fully saturated rings. The van der Waals surface area contributed by atoms with E-state index in [1.807, 2.05) is 36.4 Å². The fraction of sp³-hybridized carbons (Fsp3) is 0.462. The standard InChI is InChI=1S/C26H32O11/c1-13-19(29)21(31)23(33)25(34-13)37-24-22(32)20(30)18(12-27)36-26(24)35-17-10-15(9-16(28)11-17)8-7-14-5-3-2-4-6-14/h2-11,13,18-33H,12H2,1H3/t13-,18+,19-,20+,21-,22+,23+,24+,25-,26-/m0/s1. The zero-order valence-corrected chi connectivity index (χ0v) is 20.0. The Bertz CT molecular complexity index is 1050. The van der Waals surface area contributed by atoms with Gasteiger partial charge < -0.3 is 54.7 Å². The number of hydrogen-bond donors (Lipinski definition) is 7. The molecule has 4 rings (SSSR count). The van der Waals surface area contributed by atoms with Gasteiger partial charge in [0.05, 0.1) is 12.7 Å². The molecule has 0 aromatic heterocycles. The van der Waals surface area contributed by atoms with Gasteiger partial charge in [0.1, 0.15) is 48.1 Å². The highest BCUT2D eigenvalue weighted by molar-refractivity contribution is 5.70. The van der Waals surface area contributed by atoms with Crippen LogP contribution in [-0.4, -0.2) is 104 Å². The van der Waals surface area contributed by atoms with Gasteiger partial charge in [0.25, 0.3) is 0 Å². The van der Waals surface area contributed by atoms with Crippen LogP contribution in [0, 0.1) is 0 Å². The molecule has 2 aliphatic rings. The number of ether oxygens (including phenoxy) is 4. The van der Waals surface area contributed by atoms with E-state index in [0.29, 0.717) is 5.56 Å². The van der Waals surface area contributed by atoms with Crippen LogP contribution in [0.1, 0.15) is 18.1 Å². The van der Waals surface area contributed by atoms with E-state index in [0.717, 1.165) is 5.56 Å². The maximum atomic E-state index is 10.8. The molecule has 0 spiro atoms. The molecule has 2 saturated heterocycles.